The minimum Gasteiger partial charge on any atom is -0.396 e. The lowest BCUT2D eigenvalue weighted by molar-refractivity contribution is 0.0930. The Bertz CT molecular complexity index is 736. The Labute approximate surface area is 152 Å². The zero-order chi connectivity index (χ0) is 18.4. The Morgan fingerprint density at radius 2 is 2.23 bits per heavy atom. The van der Waals surface area contributed by atoms with Crippen LogP contribution in [0.1, 0.15) is 23.2 Å². The summed E-state index contributed by atoms with van der Waals surface area (Å²) in [4.78, 5) is 18.8. The number of likely N-dealkylation sites (tertiary alicyclic amines) is 1. The molecule has 1 saturated heterocycles. The van der Waals surface area contributed by atoms with Crippen LogP contribution >= 0.6 is 0 Å². The fourth-order valence-electron chi connectivity index (χ4n) is 3.28. The van der Waals surface area contributed by atoms with Gasteiger partial charge in [0.1, 0.15) is 5.82 Å². The number of nitrogens with one attached hydrogen (secondary N) is 1. The molecule has 0 bridgehead atoms. The van der Waals surface area contributed by atoms with Gasteiger partial charge in [0.05, 0.1) is 11.3 Å². The Balaban J connectivity index is 1.50. The number of hydrogen-bond acceptors (Lipinski definition) is 4. The predicted octanol–water partition coefficient (Wildman–Crippen LogP) is 2.32. The largest absolute Gasteiger partial charge is 0.396 e. The van der Waals surface area contributed by atoms with Gasteiger partial charge in [-0.2, -0.15) is 0 Å². The highest BCUT2D eigenvalue weighted by atomic mass is 19.1. The summed E-state index contributed by atoms with van der Waals surface area (Å²) in [5.74, 6) is -0.134. The van der Waals surface area contributed by atoms with Crippen LogP contribution in [0.5, 0.6) is 0 Å². The third-order valence-electron chi connectivity index (χ3n) is 4.72. The molecule has 1 aliphatic rings. The molecule has 138 valence electrons. The van der Waals surface area contributed by atoms with E-state index in [2.05, 4.69) is 15.2 Å². The van der Waals surface area contributed by atoms with Crippen LogP contribution in [0.25, 0.3) is 11.3 Å². The van der Waals surface area contributed by atoms with E-state index in [4.69, 9.17) is 0 Å². The van der Waals surface area contributed by atoms with Gasteiger partial charge in [-0.05, 0) is 49.6 Å². The minimum atomic E-state index is -0.313. The number of hydrogen-bond donors (Lipinski definition) is 2. The smallest absolute Gasteiger partial charge is 0.252 e. The second kappa shape index (κ2) is 8.87. The maximum atomic E-state index is 13.3. The molecule has 26 heavy (non-hydrogen) atoms. The van der Waals surface area contributed by atoms with Crippen LogP contribution in [0.4, 0.5) is 4.39 Å². The van der Waals surface area contributed by atoms with Gasteiger partial charge in [-0.25, -0.2) is 4.39 Å². The Kier molecular flexibility index (Phi) is 6.30. The van der Waals surface area contributed by atoms with Gasteiger partial charge in [0.25, 0.3) is 5.91 Å². The molecule has 3 rings (SSSR count). The highest BCUT2D eigenvalue weighted by Gasteiger charge is 2.18. The quantitative estimate of drug-likeness (QED) is 0.833. The van der Waals surface area contributed by atoms with E-state index in [0.29, 0.717) is 29.3 Å². The molecule has 0 aliphatic carbocycles. The lowest BCUT2D eigenvalue weighted by Crippen LogP contribution is -2.41. The minimum absolute atomic E-state index is 0.168. The lowest BCUT2D eigenvalue weighted by Gasteiger charge is -2.31. The molecule has 1 unspecified atom stereocenters. The summed E-state index contributed by atoms with van der Waals surface area (Å²) in [6.07, 6.45) is 3.67. The van der Waals surface area contributed by atoms with E-state index in [1.807, 2.05) is 0 Å². The summed E-state index contributed by atoms with van der Waals surface area (Å²) in [5, 5.41) is 12.2. The van der Waals surface area contributed by atoms with Crippen molar-refractivity contribution in [2.24, 2.45) is 5.92 Å². The molecule has 0 radical (unpaired) electrons. The predicted molar refractivity (Wildman–Crippen MR) is 98.2 cm³/mol. The summed E-state index contributed by atoms with van der Waals surface area (Å²) in [6, 6.07) is 9.64. The maximum absolute atomic E-state index is 13.3. The van der Waals surface area contributed by atoms with E-state index in [9.17, 15) is 14.3 Å². The van der Waals surface area contributed by atoms with Gasteiger partial charge < -0.3 is 15.3 Å². The van der Waals surface area contributed by atoms with E-state index < -0.39 is 0 Å². The van der Waals surface area contributed by atoms with Crippen LogP contribution in [0.3, 0.4) is 0 Å². The molecule has 1 aromatic carbocycles. The number of aliphatic hydroxyl groups excluding tert-OH is 1. The first-order valence-electron chi connectivity index (χ1n) is 8.99. The van der Waals surface area contributed by atoms with Crippen LogP contribution in [-0.4, -0.2) is 53.7 Å². The van der Waals surface area contributed by atoms with Crippen LogP contribution < -0.4 is 5.32 Å². The second-order valence-electron chi connectivity index (χ2n) is 6.69. The normalized spacial score (nSPS) is 17.8. The molecular weight excluding hydrogens is 333 g/mol. The Morgan fingerprint density at radius 1 is 1.35 bits per heavy atom. The molecule has 1 fully saturated rings. The number of carbonyl (C=O) groups is 1. The fraction of sp³-hybridized carbons (Fsp3) is 0.400. The van der Waals surface area contributed by atoms with Crippen molar-refractivity contribution in [3.8, 4) is 11.3 Å². The highest BCUT2D eigenvalue weighted by molar-refractivity contribution is 5.94. The van der Waals surface area contributed by atoms with Crippen molar-refractivity contribution in [2.45, 2.75) is 12.8 Å². The topological polar surface area (TPSA) is 65.5 Å². The van der Waals surface area contributed by atoms with Crippen molar-refractivity contribution in [3.63, 3.8) is 0 Å². The van der Waals surface area contributed by atoms with Crippen molar-refractivity contribution in [2.75, 3.05) is 32.8 Å². The number of aromatic nitrogens is 1. The van der Waals surface area contributed by atoms with Gasteiger partial charge in [0.2, 0.25) is 0 Å². The summed E-state index contributed by atoms with van der Waals surface area (Å²) >= 11 is 0. The van der Waals surface area contributed by atoms with Crippen molar-refractivity contribution >= 4 is 5.91 Å². The van der Waals surface area contributed by atoms with E-state index in [1.165, 1.54) is 18.3 Å². The number of carbonyl (C=O) groups excluding carboxylic acids is 1. The number of piperidine rings is 1. The highest BCUT2D eigenvalue weighted by Crippen LogP contribution is 2.18. The average molecular weight is 357 g/mol. The van der Waals surface area contributed by atoms with Gasteiger partial charge in [0, 0.05) is 38.0 Å². The number of halogens is 1. The molecule has 0 spiro atoms. The molecule has 2 heterocycles. The average Bonchev–Trinajstić information content (AvgIpc) is 2.68. The molecule has 1 aliphatic heterocycles. The molecule has 1 atom stereocenters. The standard InChI is InChI=1S/C20H24FN3O2/c21-18-5-1-4-16(11-18)19-7-6-17(12-23-19)20(26)22-8-10-24-9-2-3-15(13-24)14-25/h1,4-7,11-12,15,25H,2-3,8-10,13-14H2,(H,22,26). The van der Waals surface area contributed by atoms with E-state index in [0.717, 1.165) is 32.5 Å². The van der Waals surface area contributed by atoms with Crippen LogP contribution in [0.15, 0.2) is 42.6 Å². The summed E-state index contributed by atoms with van der Waals surface area (Å²) < 4.78 is 13.3. The first-order chi connectivity index (χ1) is 12.7. The molecule has 5 nitrogen and oxygen atoms in total. The molecule has 2 N–H and O–H groups in total. The third-order valence-corrected chi connectivity index (χ3v) is 4.72. The molecule has 6 heteroatoms. The summed E-state index contributed by atoms with van der Waals surface area (Å²) in [5.41, 5.74) is 1.79. The number of amides is 1. The van der Waals surface area contributed by atoms with Crippen molar-refractivity contribution in [1.29, 1.82) is 0 Å². The van der Waals surface area contributed by atoms with Gasteiger partial charge in [-0.1, -0.05) is 12.1 Å². The Morgan fingerprint density at radius 3 is 2.96 bits per heavy atom. The molecular formula is C20H24FN3O2. The number of rotatable bonds is 6. The van der Waals surface area contributed by atoms with Crippen molar-refractivity contribution in [3.05, 3.63) is 54.0 Å². The fourth-order valence-corrected chi connectivity index (χ4v) is 3.28. The van der Waals surface area contributed by atoms with E-state index in [-0.39, 0.29) is 18.3 Å². The zero-order valence-electron chi connectivity index (χ0n) is 14.7. The van der Waals surface area contributed by atoms with Gasteiger partial charge in [0.15, 0.2) is 0 Å². The van der Waals surface area contributed by atoms with Crippen molar-refractivity contribution < 1.29 is 14.3 Å². The van der Waals surface area contributed by atoms with Crippen LogP contribution in [0, 0.1) is 11.7 Å². The third kappa shape index (κ3) is 4.86. The number of pyridine rings is 1. The first kappa shape index (κ1) is 18.5. The molecule has 0 saturated carbocycles. The van der Waals surface area contributed by atoms with E-state index in [1.54, 1.807) is 24.3 Å². The molecule has 1 amide bonds. The van der Waals surface area contributed by atoms with Gasteiger partial charge in [-0.3, -0.25) is 9.78 Å². The van der Waals surface area contributed by atoms with E-state index >= 15 is 0 Å². The number of benzene rings is 1. The monoisotopic (exact) mass is 357 g/mol. The van der Waals surface area contributed by atoms with Crippen LogP contribution in [-0.2, 0) is 0 Å². The molecule has 1 aromatic heterocycles. The second-order valence-corrected chi connectivity index (χ2v) is 6.69. The van der Waals surface area contributed by atoms with Gasteiger partial charge in [-0.15, -0.1) is 0 Å². The molecule has 2 aromatic rings. The summed E-state index contributed by atoms with van der Waals surface area (Å²) in [6.45, 7) is 3.46. The van der Waals surface area contributed by atoms with Gasteiger partial charge >= 0.3 is 0 Å². The zero-order valence-corrected chi connectivity index (χ0v) is 14.7. The van der Waals surface area contributed by atoms with Crippen molar-refractivity contribution in [1.82, 2.24) is 15.2 Å². The Hall–Kier alpha value is -2.31. The summed E-state index contributed by atoms with van der Waals surface area (Å²) in [7, 11) is 0. The lowest BCUT2D eigenvalue weighted by atomic mass is 9.99. The number of aliphatic hydroxyl groups is 1. The van der Waals surface area contributed by atoms with Crippen LogP contribution in [0.2, 0.25) is 0 Å². The number of nitrogens with zero attached hydrogens (tertiary/aromatic N) is 2. The maximum Gasteiger partial charge on any atom is 0.252 e. The first-order valence-corrected chi connectivity index (χ1v) is 8.99. The SMILES string of the molecule is O=C(NCCN1CCCC(CO)C1)c1ccc(-c2cccc(F)c2)nc1.